The zero-order chi connectivity index (χ0) is 31.4. The van der Waals surface area contributed by atoms with Gasteiger partial charge >= 0.3 is 0 Å². The number of hydrazine groups is 1. The monoisotopic (exact) mass is 597 g/mol. The van der Waals surface area contributed by atoms with E-state index in [1.165, 1.54) is 12.4 Å². The summed E-state index contributed by atoms with van der Waals surface area (Å²) < 4.78 is 5.64. The normalized spacial score (nSPS) is 18.1. The van der Waals surface area contributed by atoms with Gasteiger partial charge in [-0.25, -0.2) is 21.1 Å². The molecule has 2 heterocycles. The van der Waals surface area contributed by atoms with Crippen LogP contribution in [0.4, 0.5) is 0 Å². The number of nitrogens with one attached hydrogen (secondary N) is 3. The average Bonchev–Trinajstić information content (AvgIpc) is 3.54. The van der Waals surface area contributed by atoms with Crippen molar-refractivity contribution in [3.63, 3.8) is 0 Å². The van der Waals surface area contributed by atoms with Crippen LogP contribution < -0.4 is 16.7 Å². The summed E-state index contributed by atoms with van der Waals surface area (Å²) in [6.07, 6.45) is 5.45. The van der Waals surface area contributed by atoms with Gasteiger partial charge in [-0.15, -0.1) is 0 Å². The van der Waals surface area contributed by atoms with Gasteiger partial charge in [0.05, 0.1) is 18.3 Å². The largest absolute Gasteiger partial charge is 0.350 e. The minimum atomic E-state index is -1.42. The molecule has 1 aliphatic rings. The molecule has 2 aromatic rings. The Morgan fingerprint density at radius 3 is 2.42 bits per heavy atom. The number of hydrogen-bond donors (Lipinski definition) is 4. The lowest BCUT2D eigenvalue weighted by Gasteiger charge is -2.43. The van der Waals surface area contributed by atoms with E-state index in [4.69, 9.17) is 15.4 Å². The molecule has 1 fully saturated rings. The van der Waals surface area contributed by atoms with Crippen molar-refractivity contribution in [2.45, 2.75) is 85.4 Å². The molecule has 1 aromatic heterocycles. The number of nitrogens with two attached hydrogens (primary N) is 1. The number of imidazole rings is 1. The Hall–Kier alpha value is -3.41. The second kappa shape index (κ2) is 16.4. The summed E-state index contributed by atoms with van der Waals surface area (Å²) in [7, 11) is 0. The lowest BCUT2D eigenvalue weighted by atomic mass is 9.58. The summed E-state index contributed by atoms with van der Waals surface area (Å²) in [6.45, 7) is 8.31. The van der Waals surface area contributed by atoms with Gasteiger partial charge < -0.3 is 9.72 Å². The van der Waals surface area contributed by atoms with Crippen LogP contribution in [0.5, 0.6) is 0 Å². The number of benzene rings is 1. The molecular formula is C32H47N5O6. The number of amides is 2. The number of aromatic amines is 1. The van der Waals surface area contributed by atoms with Gasteiger partial charge in [0.15, 0.2) is 12.1 Å². The predicted octanol–water partition coefficient (Wildman–Crippen LogP) is 4.06. The number of aromatic nitrogens is 2. The molecule has 0 aliphatic carbocycles. The van der Waals surface area contributed by atoms with Gasteiger partial charge in [0.2, 0.25) is 17.6 Å². The van der Waals surface area contributed by atoms with E-state index in [0.29, 0.717) is 19.4 Å². The molecule has 11 heteroatoms. The summed E-state index contributed by atoms with van der Waals surface area (Å²) in [5, 5.41) is 0. The number of Topliss-reactive ketones (excluding diaryl/α,β-unsaturated/α-hetero) is 2. The standard InChI is InChI=1S/C32H47N5O6/c1-21(2)18-24(30(40)36-33)28(31(41)37-43-27-12-8-9-17-42-27)32(20-22(3)4,14-13-23-10-6-5-7-11-23)26(39)19-25(38)29-34-15-16-35-29/h5-7,10-11,15-16,21-22,24,27-28H,8-9,12-14,17-20,33H2,1-4H3,(H,34,35)(H,36,40)(H,37,41)/t24-,27?,28-,32?/m1/s1. The first-order valence-corrected chi connectivity index (χ1v) is 15.2. The van der Waals surface area contributed by atoms with Crippen LogP contribution in [0.1, 0.15) is 88.8 Å². The fourth-order valence-corrected chi connectivity index (χ4v) is 6.19. The molecule has 3 rings (SSSR count). The number of rotatable bonds is 17. The molecule has 0 bridgehead atoms. The molecule has 1 aromatic carbocycles. The van der Waals surface area contributed by atoms with Gasteiger partial charge in [0.25, 0.3) is 0 Å². The Bertz CT molecular complexity index is 1180. The average molecular weight is 598 g/mol. The van der Waals surface area contributed by atoms with E-state index in [-0.39, 0.29) is 36.9 Å². The number of ketones is 2. The van der Waals surface area contributed by atoms with Crippen LogP contribution in [0.15, 0.2) is 42.7 Å². The van der Waals surface area contributed by atoms with E-state index >= 15 is 0 Å². The van der Waals surface area contributed by atoms with E-state index in [1.807, 2.05) is 58.0 Å². The van der Waals surface area contributed by atoms with E-state index in [9.17, 15) is 19.2 Å². The second-order valence-electron chi connectivity index (χ2n) is 12.3. The SMILES string of the molecule is CC(C)C[C@@H](C(=O)NN)[C@H](C(=O)NOC1CCCCO1)C(CCc1ccccc1)(CC(C)C)C(=O)CC(=O)c1ncc[nH]1. The number of hydrogen-bond acceptors (Lipinski definition) is 8. The van der Waals surface area contributed by atoms with E-state index < -0.39 is 53.3 Å². The summed E-state index contributed by atoms with van der Waals surface area (Å²) in [5.74, 6) is 1.42. The molecule has 0 radical (unpaired) electrons. The van der Waals surface area contributed by atoms with Crippen LogP contribution in [0.2, 0.25) is 0 Å². The highest BCUT2D eigenvalue weighted by Gasteiger charge is 2.54. The molecule has 1 saturated heterocycles. The maximum atomic E-state index is 14.6. The number of nitrogens with zero attached hydrogens (tertiary/aromatic N) is 1. The Labute approximate surface area is 254 Å². The Kier molecular flexibility index (Phi) is 13.0. The maximum Gasteiger partial charge on any atom is 0.248 e. The molecule has 0 saturated carbocycles. The first kappa shape index (κ1) is 34.1. The highest BCUT2D eigenvalue weighted by atomic mass is 16.8. The fourth-order valence-electron chi connectivity index (χ4n) is 6.19. The summed E-state index contributed by atoms with van der Waals surface area (Å²) >= 11 is 0. The van der Waals surface area contributed by atoms with E-state index in [2.05, 4.69) is 20.9 Å². The van der Waals surface area contributed by atoms with Crippen molar-refractivity contribution in [2.24, 2.45) is 34.9 Å². The molecule has 2 amide bonds. The van der Waals surface area contributed by atoms with Gasteiger partial charge in [0, 0.05) is 30.8 Å². The first-order chi connectivity index (χ1) is 20.6. The van der Waals surface area contributed by atoms with Gasteiger partial charge in [-0.1, -0.05) is 58.0 Å². The van der Waals surface area contributed by atoms with Gasteiger partial charge in [0.1, 0.15) is 5.78 Å². The number of hydroxylamine groups is 1. The number of carbonyl (C=O) groups excluding carboxylic acids is 4. The minimum Gasteiger partial charge on any atom is -0.350 e. The van der Waals surface area contributed by atoms with Crippen LogP contribution in [-0.4, -0.2) is 46.2 Å². The van der Waals surface area contributed by atoms with Crippen molar-refractivity contribution in [3.05, 3.63) is 54.1 Å². The summed E-state index contributed by atoms with van der Waals surface area (Å²) in [6, 6.07) is 9.63. The molecular weight excluding hydrogens is 550 g/mol. The van der Waals surface area contributed by atoms with Crippen molar-refractivity contribution >= 4 is 23.4 Å². The van der Waals surface area contributed by atoms with Gasteiger partial charge in [-0.05, 0) is 55.9 Å². The second-order valence-corrected chi connectivity index (χ2v) is 12.3. The quantitative estimate of drug-likeness (QED) is 0.0697. The predicted molar refractivity (Wildman–Crippen MR) is 161 cm³/mol. The minimum absolute atomic E-state index is 0.00841. The first-order valence-electron chi connectivity index (χ1n) is 15.2. The number of ether oxygens (including phenoxy) is 1. The third-order valence-corrected chi connectivity index (χ3v) is 8.03. The maximum absolute atomic E-state index is 14.6. The van der Waals surface area contributed by atoms with Gasteiger partial charge in [-0.3, -0.25) is 24.6 Å². The van der Waals surface area contributed by atoms with Crippen LogP contribution in [0.3, 0.4) is 0 Å². The van der Waals surface area contributed by atoms with E-state index in [0.717, 1.165) is 18.4 Å². The molecule has 43 heavy (non-hydrogen) atoms. The van der Waals surface area contributed by atoms with Crippen LogP contribution in [0, 0.1) is 29.1 Å². The van der Waals surface area contributed by atoms with Crippen molar-refractivity contribution in [3.8, 4) is 0 Å². The number of aryl methyl sites for hydroxylation is 1. The smallest absolute Gasteiger partial charge is 0.248 e. The van der Waals surface area contributed by atoms with Crippen molar-refractivity contribution < 1.29 is 28.8 Å². The van der Waals surface area contributed by atoms with Crippen molar-refractivity contribution in [1.82, 2.24) is 20.9 Å². The third-order valence-electron chi connectivity index (χ3n) is 8.03. The van der Waals surface area contributed by atoms with Crippen LogP contribution >= 0.6 is 0 Å². The third kappa shape index (κ3) is 9.54. The molecule has 0 spiro atoms. The van der Waals surface area contributed by atoms with Crippen LogP contribution in [-0.2, 0) is 30.4 Å². The van der Waals surface area contributed by atoms with Crippen molar-refractivity contribution in [2.75, 3.05) is 6.61 Å². The zero-order valence-electron chi connectivity index (χ0n) is 25.8. The summed E-state index contributed by atoms with van der Waals surface area (Å²) in [4.78, 5) is 68.1. The van der Waals surface area contributed by atoms with Crippen LogP contribution in [0.25, 0.3) is 0 Å². The topological polar surface area (TPSA) is 165 Å². The highest BCUT2D eigenvalue weighted by molar-refractivity contribution is 6.09. The fraction of sp³-hybridized carbons (Fsp3) is 0.594. The highest BCUT2D eigenvalue weighted by Crippen LogP contribution is 2.47. The van der Waals surface area contributed by atoms with Gasteiger partial charge in [-0.2, -0.15) is 0 Å². The van der Waals surface area contributed by atoms with Crippen molar-refractivity contribution in [1.29, 1.82) is 0 Å². The lowest BCUT2D eigenvalue weighted by Crippen LogP contribution is -2.55. The molecule has 11 nitrogen and oxygen atoms in total. The Balaban J connectivity index is 2.14. The molecule has 5 N–H and O–H groups in total. The summed E-state index contributed by atoms with van der Waals surface area (Å²) in [5.41, 5.74) is 4.34. The Morgan fingerprint density at radius 1 is 1.09 bits per heavy atom. The van der Waals surface area contributed by atoms with E-state index in [1.54, 1.807) is 0 Å². The molecule has 4 atom stereocenters. The number of carbonyl (C=O) groups is 4. The zero-order valence-corrected chi connectivity index (χ0v) is 25.8. The molecule has 1 aliphatic heterocycles. The lowest BCUT2D eigenvalue weighted by molar-refractivity contribution is -0.205. The Morgan fingerprint density at radius 2 is 1.84 bits per heavy atom. The number of H-pyrrole nitrogens is 1. The molecule has 236 valence electrons. The molecule has 2 unspecified atom stereocenters.